The monoisotopic (exact) mass is 267 g/mol. The van der Waals surface area contributed by atoms with Gasteiger partial charge in [0.2, 0.25) is 5.91 Å². The molecule has 0 spiro atoms. The first-order chi connectivity index (χ1) is 9.00. The first kappa shape index (κ1) is 15.1. The molecule has 0 atom stereocenters. The van der Waals surface area contributed by atoms with Crippen molar-refractivity contribution < 1.29 is 14.4 Å². The number of furan rings is 1. The van der Waals surface area contributed by atoms with Gasteiger partial charge in [-0.1, -0.05) is 19.0 Å². The lowest BCUT2D eigenvalue weighted by atomic mass is 9.80. The lowest BCUT2D eigenvalue weighted by molar-refractivity contribution is -0.128. The Labute approximate surface area is 112 Å². The van der Waals surface area contributed by atoms with E-state index in [0.29, 0.717) is 18.6 Å². The summed E-state index contributed by atoms with van der Waals surface area (Å²) >= 11 is 0. The third-order valence-electron chi connectivity index (χ3n) is 3.46. The highest BCUT2D eigenvalue weighted by atomic mass is 16.4. The Morgan fingerprint density at radius 3 is 2.53 bits per heavy atom. The van der Waals surface area contributed by atoms with Gasteiger partial charge >= 0.3 is 0 Å². The van der Waals surface area contributed by atoms with Gasteiger partial charge in [-0.15, -0.1) is 0 Å². The van der Waals surface area contributed by atoms with Crippen LogP contribution in [0.1, 0.15) is 38.2 Å². The van der Waals surface area contributed by atoms with E-state index in [0.717, 1.165) is 5.76 Å². The molecule has 1 aromatic rings. The second kappa shape index (κ2) is 6.26. The summed E-state index contributed by atoms with van der Waals surface area (Å²) in [4.78, 5) is 12.3. The van der Waals surface area contributed by atoms with E-state index >= 15 is 0 Å². The summed E-state index contributed by atoms with van der Waals surface area (Å²) in [5.41, 5.74) is 4.69. The van der Waals surface area contributed by atoms with Crippen LogP contribution in [0.25, 0.3) is 0 Å². The molecular weight excluding hydrogens is 246 g/mol. The fraction of sp³-hybridized carbons (Fsp3) is 0.538. The predicted octanol–water partition coefficient (Wildman–Crippen LogP) is 1.76. The number of hydrogen-bond donors (Lipinski definition) is 3. The maximum atomic E-state index is 12.3. The molecule has 106 valence electrons. The fourth-order valence-electron chi connectivity index (χ4n) is 2.06. The molecule has 0 aliphatic rings. The van der Waals surface area contributed by atoms with E-state index in [1.165, 1.54) is 0 Å². The van der Waals surface area contributed by atoms with E-state index < -0.39 is 5.41 Å². The summed E-state index contributed by atoms with van der Waals surface area (Å²) in [6.45, 7) is 5.79. The molecule has 6 nitrogen and oxygen atoms in total. The van der Waals surface area contributed by atoms with Crippen molar-refractivity contribution in [1.29, 1.82) is 0 Å². The molecule has 1 amide bonds. The van der Waals surface area contributed by atoms with Crippen molar-refractivity contribution in [3.8, 4) is 0 Å². The Bertz CT molecular complexity index is 461. The molecule has 0 unspecified atom stereocenters. The zero-order valence-corrected chi connectivity index (χ0v) is 11.6. The number of rotatable bonds is 6. The standard InChI is InChI=1S/C13H21N3O3/c1-4-13(5-2,11(14)16-18)12(17)15-8-10-7-6-9(3)19-10/h6-7,18H,4-5,8H2,1-3H3,(H2,14,16)(H,15,17). The van der Waals surface area contributed by atoms with Crippen LogP contribution in [-0.4, -0.2) is 17.0 Å². The Kier molecular flexibility index (Phi) is 4.97. The van der Waals surface area contributed by atoms with Crippen LogP contribution in [0.5, 0.6) is 0 Å². The lowest BCUT2D eigenvalue weighted by Crippen LogP contribution is -2.49. The summed E-state index contributed by atoms with van der Waals surface area (Å²) < 4.78 is 5.38. The van der Waals surface area contributed by atoms with Crippen LogP contribution in [-0.2, 0) is 11.3 Å². The van der Waals surface area contributed by atoms with Crippen LogP contribution in [0.3, 0.4) is 0 Å². The number of hydrogen-bond acceptors (Lipinski definition) is 4. The smallest absolute Gasteiger partial charge is 0.234 e. The van der Waals surface area contributed by atoms with E-state index in [9.17, 15) is 4.79 Å². The molecule has 6 heteroatoms. The van der Waals surface area contributed by atoms with Crippen molar-refractivity contribution in [2.75, 3.05) is 0 Å². The van der Waals surface area contributed by atoms with Crippen molar-refractivity contribution >= 4 is 11.7 Å². The molecule has 0 aromatic carbocycles. The lowest BCUT2D eigenvalue weighted by Gasteiger charge is -2.28. The van der Waals surface area contributed by atoms with E-state index in [-0.39, 0.29) is 18.3 Å². The van der Waals surface area contributed by atoms with Gasteiger partial charge in [0.25, 0.3) is 0 Å². The van der Waals surface area contributed by atoms with Crippen LogP contribution in [0.4, 0.5) is 0 Å². The Morgan fingerprint density at radius 1 is 1.47 bits per heavy atom. The van der Waals surface area contributed by atoms with Gasteiger partial charge in [0.05, 0.1) is 6.54 Å². The second-order valence-corrected chi connectivity index (χ2v) is 4.47. The molecule has 1 rings (SSSR count). The van der Waals surface area contributed by atoms with Gasteiger partial charge in [0, 0.05) is 0 Å². The summed E-state index contributed by atoms with van der Waals surface area (Å²) in [5.74, 6) is 1.14. The molecule has 0 saturated heterocycles. The zero-order chi connectivity index (χ0) is 14.5. The van der Waals surface area contributed by atoms with Gasteiger partial charge in [-0.25, -0.2) is 0 Å². The SMILES string of the molecule is CCC(CC)(C(=O)NCc1ccc(C)o1)/C(N)=N/O. The molecular formula is C13H21N3O3. The van der Waals surface area contributed by atoms with Crippen LogP contribution in [0.2, 0.25) is 0 Å². The van der Waals surface area contributed by atoms with Crippen LogP contribution in [0, 0.1) is 12.3 Å². The summed E-state index contributed by atoms with van der Waals surface area (Å²) in [5, 5.41) is 14.6. The molecule has 0 bridgehead atoms. The Morgan fingerprint density at radius 2 is 2.11 bits per heavy atom. The molecule has 0 saturated carbocycles. The molecule has 19 heavy (non-hydrogen) atoms. The van der Waals surface area contributed by atoms with Gasteiger partial charge in [0.1, 0.15) is 16.9 Å². The van der Waals surface area contributed by atoms with Crippen molar-refractivity contribution in [1.82, 2.24) is 5.32 Å². The number of carbonyl (C=O) groups excluding carboxylic acids is 1. The molecule has 1 heterocycles. The molecule has 4 N–H and O–H groups in total. The first-order valence-corrected chi connectivity index (χ1v) is 6.31. The number of carbonyl (C=O) groups is 1. The molecule has 0 radical (unpaired) electrons. The number of oxime groups is 1. The summed E-state index contributed by atoms with van der Waals surface area (Å²) in [7, 11) is 0. The normalized spacial score (nSPS) is 12.5. The van der Waals surface area contributed by atoms with Crippen molar-refractivity contribution in [3.63, 3.8) is 0 Å². The van der Waals surface area contributed by atoms with Crippen LogP contribution >= 0.6 is 0 Å². The molecule has 0 fully saturated rings. The minimum atomic E-state index is -0.976. The van der Waals surface area contributed by atoms with Crippen molar-refractivity contribution in [2.24, 2.45) is 16.3 Å². The molecule has 0 aliphatic carbocycles. The summed E-state index contributed by atoms with van der Waals surface area (Å²) in [6.07, 6.45) is 0.921. The minimum absolute atomic E-state index is 0.0642. The maximum Gasteiger partial charge on any atom is 0.234 e. The maximum absolute atomic E-state index is 12.3. The summed E-state index contributed by atoms with van der Waals surface area (Å²) in [6, 6.07) is 3.64. The third kappa shape index (κ3) is 3.07. The number of amides is 1. The van der Waals surface area contributed by atoms with E-state index in [2.05, 4.69) is 10.5 Å². The predicted molar refractivity (Wildman–Crippen MR) is 71.7 cm³/mol. The Hall–Kier alpha value is -1.98. The molecule has 0 aliphatic heterocycles. The number of nitrogens with zero attached hydrogens (tertiary/aromatic N) is 1. The highest BCUT2D eigenvalue weighted by Gasteiger charge is 2.39. The minimum Gasteiger partial charge on any atom is -0.465 e. The topological polar surface area (TPSA) is 101 Å². The second-order valence-electron chi connectivity index (χ2n) is 4.47. The van der Waals surface area contributed by atoms with Gasteiger partial charge in [-0.3, -0.25) is 4.79 Å². The van der Waals surface area contributed by atoms with Crippen molar-refractivity contribution in [3.05, 3.63) is 23.7 Å². The Balaban J connectivity index is 2.78. The van der Waals surface area contributed by atoms with Gasteiger partial charge in [-0.05, 0) is 31.9 Å². The number of nitrogens with two attached hydrogens (primary N) is 1. The largest absolute Gasteiger partial charge is 0.465 e. The number of nitrogens with one attached hydrogen (secondary N) is 1. The van der Waals surface area contributed by atoms with Crippen molar-refractivity contribution in [2.45, 2.75) is 40.2 Å². The highest BCUT2D eigenvalue weighted by Crippen LogP contribution is 2.27. The molecule has 1 aromatic heterocycles. The quantitative estimate of drug-likeness (QED) is 0.316. The van der Waals surface area contributed by atoms with Crippen LogP contribution in [0.15, 0.2) is 21.7 Å². The van der Waals surface area contributed by atoms with Gasteiger partial charge in [0.15, 0.2) is 5.84 Å². The van der Waals surface area contributed by atoms with E-state index in [1.807, 2.05) is 26.8 Å². The zero-order valence-electron chi connectivity index (χ0n) is 11.6. The fourth-order valence-corrected chi connectivity index (χ4v) is 2.06. The number of amidine groups is 1. The first-order valence-electron chi connectivity index (χ1n) is 6.31. The highest BCUT2D eigenvalue weighted by molar-refractivity contribution is 6.06. The van der Waals surface area contributed by atoms with E-state index in [4.69, 9.17) is 15.4 Å². The average Bonchev–Trinajstić information content (AvgIpc) is 2.83. The average molecular weight is 267 g/mol. The van der Waals surface area contributed by atoms with Gasteiger partial charge in [-0.2, -0.15) is 0 Å². The van der Waals surface area contributed by atoms with Crippen LogP contribution < -0.4 is 11.1 Å². The number of aryl methyl sites for hydroxylation is 1. The third-order valence-corrected chi connectivity index (χ3v) is 3.46. The van der Waals surface area contributed by atoms with E-state index in [1.54, 1.807) is 6.07 Å². The van der Waals surface area contributed by atoms with Gasteiger partial charge < -0.3 is 20.7 Å².